The Bertz CT molecular complexity index is 1560. The van der Waals surface area contributed by atoms with Gasteiger partial charge in [-0.1, -0.05) is 78.7 Å². The molecule has 0 radical (unpaired) electrons. The van der Waals surface area contributed by atoms with Gasteiger partial charge in [0, 0.05) is 40.0 Å². The lowest BCUT2D eigenvalue weighted by atomic mass is 9.76. The maximum atomic E-state index is 14.2. The fourth-order valence-electron chi connectivity index (χ4n) is 6.12. The molecule has 2 atom stereocenters. The molecule has 3 aromatic carbocycles. The Labute approximate surface area is 232 Å². The number of aromatic amines is 1. The molecule has 3 heterocycles. The molecule has 4 aromatic rings. The number of rotatable bonds is 5. The average molecular weight is 546 g/mol. The summed E-state index contributed by atoms with van der Waals surface area (Å²) >= 11 is 12.4. The zero-order chi connectivity index (χ0) is 26.6. The lowest BCUT2D eigenvalue weighted by Crippen LogP contribution is -2.67. The van der Waals surface area contributed by atoms with E-state index in [9.17, 15) is 9.59 Å². The number of hydrogen-bond donors (Lipinski definition) is 1. The number of fused-ring (bicyclic) bond motifs is 5. The van der Waals surface area contributed by atoms with Crippen LogP contribution in [0.15, 0.2) is 66.7 Å². The van der Waals surface area contributed by atoms with Crippen molar-refractivity contribution in [3.63, 3.8) is 0 Å². The van der Waals surface area contributed by atoms with Crippen LogP contribution in [0.4, 0.5) is 0 Å². The summed E-state index contributed by atoms with van der Waals surface area (Å²) in [6.07, 6.45) is 1.51. The third kappa shape index (κ3) is 3.91. The number of benzene rings is 3. The number of nitrogens with one attached hydrogen (secondary N) is 1. The number of amides is 2. The van der Waals surface area contributed by atoms with Crippen molar-refractivity contribution in [1.82, 2.24) is 14.8 Å². The smallest absolute Gasteiger partial charge is 0.254 e. The van der Waals surface area contributed by atoms with Crippen LogP contribution in [0.5, 0.6) is 0 Å². The molecule has 194 valence electrons. The number of carbonyl (C=O) groups excluding carboxylic acids is 2. The second kappa shape index (κ2) is 9.48. The molecule has 38 heavy (non-hydrogen) atoms. The third-order valence-corrected chi connectivity index (χ3v) is 8.86. The minimum atomic E-state index is -1.12. The topological polar surface area (TPSA) is 56.4 Å². The molecule has 0 spiro atoms. The Balaban J connectivity index is 1.42. The summed E-state index contributed by atoms with van der Waals surface area (Å²) in [7, 11) is 0. The molecule has 6 rings (SSSR count). The van der Waals surface area contributed by atoms with E-state index in [0.717, 1.165) is 39.7 Å². The van der Waals surface area contributed by atoms with Crippen LogP contribution in [-0.2, 0) is 28.0 Å². The number of para-hydroxylation sites is 1. The molecule has 0 aliphatic carbocycles. The number of H-pyrrole nitrogens is 1. The van der Waals surface area contributed by atoms with Crippen molar-refractivity contribution in [3.05, 3.63) is 105 Å². The Morgan fingerprint density at radius 3 is 2.53 bits per heavy atom. The van der Waals surface area contributed by atoms with Crippen molar-refractivity contribution in [2.24, 2.45) is 0 Å². The zero-order valence-electron chi connectivity index (χ0n) is 21.4. The molecule has 1 aromatic heterocycles. The first kappa shape index (κ1) is 25.0. The van der Waals surface area contributed by atoms with E-state index in [1.807, 2.05) is 31.2 Å². The van der Waals surface area contributed by atoms with Crippen molar-refractivity contribution < 1.29 is 9.59 Å². The summed E-state index contributed by atoms with van der Waals surface area (Å²) in [4.78, 5) is 34.9. The van der Waals surface area contributed by atoms with Crippen LogP contribution in [0, 0.1) is 0 Å². The Hall–Kier alpha value is -3.28. The number of nitrogens with zero attached hydrogens (tertiary/aromatic N) is 2. The lowest BCUT2D eigenvalue weighted by Gasteiger charge is -2.51. The molecule has 0 bridgehead atoms. The summed E-state index contributed by atoms with van der Waals surface area (Å²) in [6, 6.07) is 22.2. The first-order valence-electron chi connectivity index (χ1n) is 13.0. The second-order valence-corrected chi connectivity index (χ2v) is 11.2. The molecule has 0 saturated carbocycles. The Kier molecular flexibility index (Phi) is 6.24. The van der Waals surface area contributed by atoms with Gasteiger partial charge in [-0.2, -0.15) is 0 Å². The van der Waals surface area contributed by atoms with E-state index in [4.69, 9.17) is 23.2 Å². The van der Waals surface area contributed by atoms with Crippen LogP contribution < -0.4 is 0 Å². The van der Waals surface area contributed by atoms with Crippen LogP contribution in [-0.4, -0.2) is 46.2 Å². The van der Waals surface area contributed by atoms with Crippen LogP contribution >= 0.6 is 23.2 Å². The van der Waals surface area contributed by atoms with Gasteiger partial charge in [0.2, 0.25) is 5.91 Å². The largest absolute Gasteiger partial charge is 0.356 e. The maximum Gasteiger partial charge on any atom is 0.254 e. The molecular weight excluding hydrogens is 517 g/mol. The van der Waals surface area contributed by atoms with E-state index >= 15 is 0 Å². The van der Waals surface area contributed by atoms with Crippen molar-refractivity contribution in [2.75, 3.05) is 19.6 Å². The summed E-state index contributed by atoms with van der Waals surface area (Å²) in [5.74, 6) is -0.153. The maximum absolute atomic E-state index is 14.2. The van der Waals surface area contributed by atoms with Gasteiger partial charge >= 0.3 is 0 Å². The van der Waals surface area contributed by atoms with Crippen molar-refractivity contribution in [2.45, 2.75) is 38.1 Å². The molecule has 1 N–H and O–H groups in total. The second-order valence-electron chi connectivity index (χ2n) is 10.4. The van der Waals surface area contributed by atoms with Crippen LogP contribution in [0.1, 0.15) is 47.7 Å². The van der Waals surface area contributed by atoms with Crippen molar-refractivity contribution in [1.29, 1.82) is 0 Å². The van der Waals surface area contributed by atoms with Gasteiger partial charge in [0.05, 0.1) is 12.2 Å². The quantitative estimate of drug-likeness (QED) is 0.319. The number of carbonyl (C=O) groups is 2. The molecule has 1 saturated heterocycles. The molecule has 2 aliphatic heterocycles. The van der Waals surface area contributed by atoms with Gasteiger partial charge in [-0.15, -0.1) is 0 Å². The minimum Gasteiger partial charge on any atom is -0.356 e. The average Bonchev–Trinajstić information content (AvgIpc) is 3.32. The highest BCUT2D eigenvalue weighted by Gasteiger charge is 2.56. The van der Waals surface area contributed by atoms with Gasteiger partial charge in [-0.05, 0) is 60.2 Å². The molecule has 0 unspecified atom stereocenters. The number of halogens is 2. The highest BCUT2D eigenvalue weighted by molar-refractivity contribution is 6.35. The molecular formula is C31H29Cl2N3O2. The van der Waals surface area contributed by atoms with Crippen molar-refractivity contribution >= 4 is 45.9 Å². The van der Waals surface area contributed by atoms with Gasteiger partial charge in [-0.3, -0.25) is 9.59 Å². The first-order valence-corrected chi connectivity index (χ1v) is 13.8. The van der Waals surface area contributed by atoms with Crippen LogP contribution in [0.3, 0.4) is 0 Å². The lowest BCUT2D eigenvalue weighted by molar-refractivity contribution is -0.166. The molecule has 1 fully saturated rings. The summed E-state index contributed by atoms with van der Waals surface area (Å²) in [6.45, 7) is 4.94. The van der Waals surface area contributed by atoms with Gasteiger partial charge in [0.15, 0.2) is 5.54 Å². The molecule has 5 nitrogen and oxygen atoms in total. The number of piperazine rings is 1. The van der Waals surface area contributed by atoms with Crippen molar-refractivity contribution in [3.8, 4) is 0 Å². The van der Waals surface area contributed by atoms with Gasteiger partial charge in [0.1, 0.15) is 0 Å². The van der Waals surface area contributed by atoms with E-state index in [0.29, 0.717) is 29.6 Å². The highest BCUT2D eigenvalue weighted by atomic mass is 35.5. The van der Waals surface area contributed by atoms with Crippen LogP contribution in [0.25, 0.3) is 10.9 Å². The molecule has 2 amide bonds. The molecule has 7 heteroatoms. The SMILES string of the molecule is CCc1ccc([C@H]2CN3C(=O)CN(CCc4ccc(Cl)cc4Cl)C(=O)[C@]3(C)c3[nH]c4ccccc4c32)cc1. The fourth-order valence-corrected chi connectivity index (χ4v) is 6.62. The summed E-state index contributed by atoms with van der Waals surface area (Å²) < 4.78 is 0. The number of aryl methyl sites for hydroxylation is 1. The van der Waals surface area contributed by atoms with E-state index in [2.05, 4.69) is 42.2 Å². The zero-order valence-corrected chi connectivity index (χ0v) is 22.9. The fraction of sp³-hybridized carbons (Fsp3) is 0.290. The van der Waals surface area contributed by atoms with Gasteiger partial charge < -0.3 is 14.8 Å². The van der Waals surface area contributed by atoms with E-state index < -0.39 is 5.54 Å². The van der Waals surface area contributed by atoms with E-state index in [1.54, 1.807) is 21.9 Å². The van der Waals surface area contributed by atoms with E-state index in [-0.39, 0.29) is 24.3 Å². The third-order valence-electron chi connectivity index (χ3n) is 8.27. The summed E-state index contributed by atoms with van der Waals surface area (Å²) in [5, 5.41) is 2.23. The minimum absolute atomic E-state index is 0.0312. The predicted octanol–water partition coefficient (Wildman–Crippen LogP) is 6.31. The first-order chi connectivity index (χ1) is 18.3. The Morgan fingerprint density at radius 1 is 1.03 bits per heavy atom. The predicted molar refractivity (Wildman–Crippen MR) is 152 cm³/mol. The standard InChI is InChI=1S/C31H29Cl2N3O2/c1-3-19-8-10-20(11-9-19)24-17-36-27(37)18-35(15-14-21-12-13-22(32)16-25(21)33)30(38)31(36,2)29-28(24)23-6-4-5-7-26(23)34-29/h4-13,16,24,34H,3,14-15,17-18H2,1-2H3/t24-,31+/m1/s1. The number of hydrogen-bond acceptors (Lipinski definition) is 2. The molecule has 2 aliphatic rings. The van der Waals surface area contributed by atoms with Crippen LogP contribution in [0.2, 0.25) is 10.0 Å². The number of aromatic nitrogens is 1. The highest BCUT2D eigenvalue weighted by Crippen LogP contribution is 2.48. The van der Waals surface area contributed by atoms with Gasteiger partial charge in [0.25, 0.3) is 5.91 Å². The Morgan fingerprint density at radius 2 is 1.79 bits per heavy atom. The van der Waals surface area contributed by atoms with Gasteiger partial charge in [-0.25, -0.2) is 0 Å². The summed E-state index contributed by atoms with van der Waals surface area (Å²) in [5.41, 5.74) is 5.09. The van der Waals surface area contributed by atoms with E-state index in [1.165, 1.54) is 5.56 Å². The monoisotopic (exact) mass is 545 g/mol. The normalized spacial score (nSPS) is 21.1.